The van der Waals surface area contributed by atoms with E-state index in [0.29, 0.717) is 0 Å². The molecule has 1 aromatic rings. The van der Waals surface area contributed by atoms with Crippen LogP contribution in [0.15, 0.2) is 0 Å². The Bertz CT molecular complexity index is 379. The maximum Gasteiger partial charge on any atom is 0.134 e. The van der Waals surface area contributed by atoms with E-state index in [1.54, 1.807) is 0 Å². The van der Waals surface area contributed by atoms with Gasteiger partial charge in [0.2, 0.25) is 0 Å². The Balaban J connectivity index is 2.19. The summed E-state index contributed by atoms with van der Waals surface area (Å²) in [6.45, 7) is 5.39. The molecule has 0 saturated carbocycles. The van der Waals surface area contributed by atoms with Crippen molar-refractivity contribution >= 4 is 17.6 Å². The Hall–Kier alpha value is -0.770. The first-order chi connectivity index (χ1) is 8.35. The van der Waals surface area contributed by atoms with Gasteiger partial charge < -0.3 is 5.32 Å². The van der Waals surface area contributed by atoms with Gasteiger partial charge in [-0.15, -0.1) is 0 Å². The summed E-state index contributed by atoms with van der Waals surface area (Å²) in [7, 11) is 0. The lowest BCUT2D eigenvalue weighted by molar-refractivity contribution is 0.746. The zero-order chi connectivity index (χ0) is 12.1. The van der Waals surface area contributed by atoms with Crippen LogP contribution in [0.4, 0.5) is 5.82 Å². The van der Waals surface area contributed by atoms with Crippen molar-refractivity contribution in [3.05, 3.63) is 17.1 Å². The molecule has 0 bridgehead atoms. The van der Waals surface area contributed by atoms with E-state index in [1.165, 1.54) is 24.1 Å². The third kappa shape index (κ3) is 3.12. The summed E-state index contributed by atoms with van der Waals surface area (Å²) >= 11 is 1.94. The molecule has 94 valence electrons. The molecule has 4 heteroatoms. The van der Waals surface area contributed by atoms with Crippen LogP contribution in [-0.4, -0.2) is 16.5 Å². The summed E-state index contributed by atoms with van der Waals surface area (Å²) in [5, 5.41) is 3.45. The van der Waals surface area contributed by atoms with Gasteiger partial charge in [0.25, 0.3) is 0 Å². The van der Waals surface area contributed by atoms with Crippen molar-refractivity contribution in [3.63, 3.8) is 0 Å². The molecule has 0 atom stereocenters. The van der Waals surface area contributed by atoms with Crippen LogP contribution in [0.25, 0.3) is 0 Å². The molecule has 1 aliphatic heterocycles. The fourth-order valence-corrected chi connectivity index (χ4v) is 2.98. The Labute approximate surface area is 108 Å². The van der Waals surface area contributed by atoms with Gasteiger partial charge >= 0.3 is 0 Å². The number of anilines is 1. The number of hydrogen-bond donors (Lipinski definition) is 1. The van der Waals surface area contributed by atoms with Gasteiger partial charge in [-0.3, -0.25) is 0 Å². The lowest BCUT2D eigenvalue weighted by Gasteiger charge is -2.11. The summed E-state index contributed by atoms with van der Waals surface area (Å²) in [4.78, 5) is 9.37. The Morgan fingerprint density at radius 1 is 1.18 bits per heavy atom. The zero-order valence-electron chi connectivity index (χ0n) is 10.8. The summed E-state index contributed by atoms with van der Waals surface area (Å²) in [5.41, 5.74) is 2.60. The number of nitrogens with one attached hydrogen (secondary N) is 1. The highest BCUT2D eigenvalue weighted by molar-refractivity contribution is 7.98. The topological polar surface area (TPSA) is 37.8 Å². The molecule has 0 spiro atoms. The minimum atomic E-state index is 1.00. The van der Waals surface area contributed by atoms with Crippen molar-refractivity contribution in [2.24, 2.45) is 0 Å². The van der Waals surface area contributed by atoms with Crippen LogP contribution in [0.3, 0.4) is 0 Å². The predicted molar refractivity (Wildman–Crippen MR) is 74.4 cm³/mol. The van der Waals surface area contributed by atoms with Crippen LogP contribution in [0.5, 0.6) is 0 Å². The first-order valence-corrected chi connectivity index (χ1v) is 7.70. The van der Waals surface area contributed by atoms with Crippen LogP contribution in [0, 0.1) is 0 Å². The highest BCUT2D eigenvalue weighted by Gasteiger charge is 2.19. The third-order valence-corrected chi connectivity index (χ3v) is 3.89. The number of unbranched alkanes of at least 4 members (excludes halogenated alkanes) is 1. The molecule has 0 fully saturated rings. The zero-order valence-corrected chi connectivity index (χ0v) is 11.6. The monoisotopic (exact) mass is 251 g/mol. The second-order valence-corrected chi connectivity index (χ2v) is 5.42. The van der Waals surface area contributed by atoms with Gasteiger partial charge in [0, 0.05) is 30.0 Å². The molecule has 0 radical (unpaired) electrons. The average molecular weight is 251 g/mol. The van der Waals surface area contributed by atoms with Crippen molar-refractivity contribution < 1.29 is 0 Å². The SMILES string of the molecule is CCCCc1nc2c(c(NCCC)n1)CSC2. The quantitative estimate of drug-likeness (QED) is 0.841. The molecule has 2 heterocycles. The van der Waals surface area contributed by atoms with E-state index in [1.807, 2.05) is 11.8 Å². The molecule has 0 unspecified atom stereocenters. The summed E-state index contributed by atoms with van der Waals surface area (Å²) < 4.78 is 0. The molecule has 1 aromatic heterocycles. The van der Waals surface area contributed by atoms with Crippen LogP contribution >= 0.6 is 11.8 Å². The van der Waals surface area contributed by atoms with Crippen LogP contribution < -0.4 is 5.32 Å². The van der Waals surface area contributed by atoms with Gasteiger partial charge in [0.1, 0.15) is 11.6 Å². The van der Waals surface area contributed by atoms with Crippen molar-refractivity contribution in [1.82, 2.24) is 9.97 Å². The second-order valence-electron chi connectivity index (χ2n) is 4.44. The van der Waals surface area contributed by atoms with Gasteiger partial charge in [-0.1, -0.05) is 20.3 Å². The van der Waals surface area contributed by atoms with Crippen molar-refractivity contribution in [2.75, 3.05) is 11.9 Å². The number of nitrogens with zero attached hydrogens (tertiary/aromatic N) is 2. The predicted octanol–water partition coefficient (Wildman–Crippen LogP) is 3.39. The van der Waals surface area contributed by atoms with Gasteiger partial charge in [0.05, 0.1) is 5.69 Å². The van der Waals surface area contributed by atoms with Crippen molar-refractivity contribution in [2.45, 2.75) is 51.0 Å². The van der Waals surface area contributed by atoms with E-state index in [0.717, 1.165) is 42.5 Å². The van der Waals surface area contributed by atoms with Gasteiger partial charge in [0.15, 0.2) is 0 Å². The first kappa shape index (κ1) is 12.7. The molecular formula is C13H21N3S. The van der Waals surface area contributed by atoms with Gasteiger partial charge in [-0.05, 0) is 12.8 Å². The first-order valence-electron chi connectivity index (χ1n) is 6.55. The molecule has 3 nitrogen and oxygen atoms in total. The Kier molecular flexibility index (Phi) is 4.66. The molecule has 17 heavy (non-hydrogen) atoms. The number of fused-ring (bicyclic) bond motifs is 1. The molecule has 2 rings (SSSR count). The number of aryl methyl sites for hydroxylation is 1. The molecule has 0 amide bonds. The Morgan fingerprint density at radius 3 is 2.82 bits per heavy atom. The number of thioether (sulfide) groups is 1. The summed E-state index contributed by atoms with van der Waals surface area (Å²) in [6, 6.07) is 0. The summed E-state index contributed by atoms with van der Waals surface area (Å²) in [6.07, 6.45) is 4.53. The van der Waals surface area contributed by atoms with E-state index < -0.39 is 0 Å². The van der Waals surface area contributed by atoms with Crippen LogP contribution in [0.2, 0.25) is 0 Å². The highest BCUT2D eigenvalue weighted by atomic mass is 32.2. The van der Waals surface area contributed by atoms with E-state index in [2.05, 4.69) is 29.1 Å². The number of hydrogen-bond acceptors (Lipinski definition) is 4. The number of aromatic nitrogens is 2. The molecule has 1 aliphatic rings. The summed E-state index contributed by atoms with van der Waals surface area (Å²) in [5.74, 6) is 4.23. The lowest BCUT2D eigenvalue weighted by Crippen LogP contribution is -2.09. The van der Waals surface area contributed by atoms with Gasteiger partial charge in [-0.2, -0.15) is 11.8 Å². The highest BCUT2D eigenvalue weighted by Crippen LogP contribution is 2.32. The number of rotatable bonds is 6. The standard InChI is InChI=1S/C13H21N3S/c1-3-5-6-12-15-11-9-17-8-10(11)13(16-12)14-7-4-2/h3-9H2,1-2H3,(H,14,15,16). The fraction of sp³-hybridized carbons (Fsp3) is 0.692. The molecule has 0 saturated heterocycles. The minimum Gasteiger partial charge on any atom is -0.370 e. The second kappa shape index (κ2) is 6.24. The normalized spacial score (nSPS) is 13.8. The van der Waals surface area contributed by atoms with Crippen LogP contribution in [-0.2, 0) is 17.9 Å². The molecular weight excluding hydrogens is 230 g/mol. The van der Waals surface area contributed by atoms with E-state index >= 15 is 0 Å². The van der Waals surface area contributed by atoms with Crippen molar-refractivity contribution in [1.29, 1.82) is 0 Å². The largest absolute Gasteiger partial charge is 0.370 e. The minimum absolute atomic E-state index is 1.00. The fourth-order valence-electron chi connectivity index (χ4n) is 1.94. The van der Waals surface area contributed by atoms with E-state index in [4.69, 9.17) is 0 Å². The maximum absolute atomic E-state index is 4.69. The third-order valence-electron chi connectivity index (χ3n) is 2.92. The molecule has 1 N–H and O–H groups in total. The molecule has 0 aliphatic carbocycles. The maximum atomic E-state index is 4.69. The average Bonchev–Trinajstić information content (AvgIpc) is 2.81. The lowest BCUT2D eigenvalue weighted by atomic mass is 10.2. The van der Waals surface area contributed by atoms with Gasteiger partial charge in [-0.25, -0.2) is 9.97 Å². The van der Waals surface area contributed by atoms with E-state index in [9.17, 15) is 0 Å². The van der Waals surface area contributed by atoms with E-state index in [-0.39, 0.29) is 0 Å². The van der Waals surface area contributed by atoms with Crippen LogP contribution in [0.1, 0.15) is 50.2 Å². The smallest absolute Gasteiger partial charge is 0.134 e. The van der Waals surface area contributed by atoms with Crippen molar-refractivity contribution in [3.8, 4) is 0 Å². The Morgan fingerprint density at radius 2 is 2.06 bits per heavy atom. The molecule has 0 aromatic carbocycles.